The van der Waals surface area contributed by atoms with E-state index in [1.165, 1.54) is 0 Å². The fourth-order valence-corrected chi connectivity index (χ4v) is 0. The summed E-state index contributed by atoms with van der Waals surface area (Å²) in [6.45, 7) is 0. The molecule has 0 radical (unpaired) electrons. The molecule has 0 atom stereocenters. The molecule has 0 spiro atoms. The quantitative estimate of drug-likeness (QED) is 0.305. The predicted molar refractivity (Wildman–Crippen MR) is 9.46 cm³/mol. The molecule has 0 saturated carbocycles. The summed E-state index contributed by atoms with van der Waals surface area (Å²) in [5.41, 5.74) is 0. The summed E-state index contributed by atoms with van der Waals surface area (Å²) in [4.78, 5) is 3.25. The van der Waals surface area contributed by atoms with Crippen LogP contribution >= 0.6 is 0 Å². The molecule has 0 aliphatic rings. The maximum atomic E-state index is 4.12. The van der Waals surface area contributed by atoms with E-state index in [4.69, 9.17) is 0 Å². The average molecular weight is 113 g/mol. The monoisotopic (exact) mass is 112 g/mol. The second kappa shape index (κ2) is 9.71. The Morgan fingerprint density at radius 2 is 1.25 bits per heavy atom. The fourth-order valence-electron chi connectivity index (χ4n) is 0. The zero-order chi connectivity index (χ0) is 2.71. The van der Waals surface area contributed by atoms with Crippen LogP contribution in [0.25, 0.3) is 0 Å². The summed E-state index contributed by atoms with van der Waals surface area (Å²) in [6, 6.07) is 0. The Morgan fingerprint density at radius 1 is 1.25 bits per heavy atom. The van der Waals surface area contributed by atoms with E-state index in [9.17, 15) is 0 Å². The van der Waals surface area contributed by atoms with E-state index in [0.29, 0.717) is 0 Å². The molecule has 0 rings (SSSR count). The first kappa shape index (κ1) is 8.82. The molecule has 0 amide bonds. The molecule has 3 nitrogen and oxygen atoms in total. The Labute approximate surface area is 37.0 Å². The molecule has 0 fully saturated rings. The third-order valence-corrected chi connectivity index (χ3v) is 0. The van der Waals surface area contributed by atoms with E-state index in [-0.39, 0.29) is 19.5 Å². The summed E-state index contributed by atoms with van der Waals surface area (Å²) in [6.07, 6.45) is 0. The number of hydrogen-bond acceptors (Lipinski definition) is 3. The van der Waals surface area contributed by atoms with Gasteiger partial charge in [-0.3, -0.25) is 0 Å². The van der Waals surface area contributed by atoms with Gasteiger partial charge in [-0.15, -0.1) is 0 Å². The minimum atomic E-state index is 0. The topological polar surface area (TPSA) is 61.3 Å². The van der Waals surface area contributed by atoms with Crippen LogP contribution in [0, 0.1) is 0 Å². The normalized spacial score (nSPS) is 4.50. The summed E-state index contributed by atoms with van der Waals surface area (Å²) in [5, 5.41) is 0. The van der Waals surface area contributed by atoms with E-state index >= 15 is 0 Å². The van der Waals surface area contributed by atoms with Gasteiger partial charge in [0.25, 0.3) is 0 Å². The summed E-state index contributed by atoms with van der Waals surface area (Å²) >= 11 is 0. The molecule has 0 aromatic heterocycles. The second-order valence-electron chi connectivity index (χ2n) is 0.136. The Balaban J connectivity index is 0. The van der Waals surface area contributed by atoms with Crippen molar-refractivity contribution in [3.05, 3.63) is 0 Å². The molecule has 0 aliphatic heterocycles. The van der Waals surface area contributed by atoms with Crippen LogP contribution in [0.15, 0.2) is 0 Å². The zero-order valence-corrected chi connectivity index (χ0v) is 5.24. The maximum Gasteiger partial charge on any atom is 0 e. The Kier molecular flexibility index (Phi) is 21.4. The molecular weight excluding hydrogens is 109 g/mol. The van der Waals surface area contributed by atoms with E-state index in [0.717, 1.165) is 0 Å². The van der Waals surface area contributed by atoms with E-state index in [1.54, 1.807) is 0 Å². The van der Waals surface area contributed by atoms with Gasteiger partial charge in [0.1, 0.15) is 0 Å². The van der Waals surface area contributed by atoms with Crippen molar-refractivity contribution in [1.82, 2.24) is 0 Å². The second-order valence-corrected chi connectivity index (χ2v) is 0.136. The van der Waals surface area contributed by atoms with Gasteiger partial charge in [-0.25, -0.2) is 4.94 Å². The standard InChI is InChI=1S/H4N2O.Zn/c1-3-2;/h1-2H2;. The third-order valence-electron chi connectivity index (χ3n) is 0. The fraction of sp³-hybridized carbons (Fsp3) is 0. The number of nitrogens with two attached hydrogens (primary N) is 2. The van der Waals surface area contributed by atoms with Crippen LogP contribution < -0.4 is 11.8 Å². The van der Waals surface area contributed by atoms with Crippen molar-refractivity contribution < 1.29 is 24.4 Å². The van der Waals surface area contributed by atoms with Crippen LogP contribution in [0.4, 0.5) is 0 Å². The van der Waals surface area contributed by atoms with Crippen LogP contribution in [-0.2, 0) is 24.4 Å². The molecule has 0 unspecified atom stereocenters. The van der Waals surface area contributed by atoms with Gasteiger partial charge in [-0.2, -0.15) is 11.8 Å². The molecule has 0 aliphatic carbocycles. The largest absolute Gasteiger partial charge is 0.220 e. The van der Waals surface area contributed by atoms with Gasteiger partial charge in [0.05, 0.1) is 0 Å². The summed E-state index contributed by atoms with van der Waals surface area (Å²) in [7, 11) is 0. The van der Waals surface area contributed by atoms with Crippen LogP contribution in [-0.4, -0.2) is 0 Å². The van der Waals surface area contributed by atoms with E-state index in [2.05, 4.69) is 16.7 Å². The molecule has 4 heavy (non-hydrogen) atoms. The first-order valence-corrected chi connectivity index (χ1v) is 0.471. The van der Waals surface area contributed by atoms with Crippen LogP contribution in [0.1, 0.15) is 0 Å². The first-order chi connectivity index (χ1) is 1.41. The van der Waals surface area contributed by atoms with Gasteiger partial charge in [0.15, 0.2) is 0 Å². The van der Waals surface area contributed by atoms with Gasteiger partial charge < -0.3 is 0 Å². The van der Waals surface area contributed by atoms with Crippen molar-refractivity contribution in [3.63, 3.8) is 0 Å². The smallest absolute Gasteiger partial charge is 0 e. The van der Waals surface area contributed by atoms with Gasteiger partial charge in [0, 0.05) is 19.5 Å². The minimum Gasteiger partial charge on any atom is -0.220 e. The maximum absolute atomic E-state index is 4.12. The van der Waals surface area contributed by atoms with Crippen molar-refractivity contribution in [2.75, 3.05) is 0 Å². The molecule has 0 aromatic rings. The third kappa shape index (κ3) is 22.3. The molecule has 0 heterocycles. The van der Waals surface area contributed by atoms with Crippen molar-refractivity contribution in [1.29, 1.82) is 0 Å². The van der Waals surface area contributed by atoms with Crippen molar-refractivity contribution in [3.8, 4) is 0 Å². The molecule has 22 valence electrons. The van der Waals surface area contributed by atoms with Gasteiger partial charge in [0.2, 0.25) is 0 Å². The van der Waals surface area contributed by atoms with Crippen molar-refractivity contribution >= 4 is 0 Å². The SMILES string of the molecule is NON.[Zn]. The Bertz CT molecular complexity index is 6.00. The minimum absolute atomic E-state index is 0. The summed E-state index contributed by atoms with van der Waals surface area (Å²) in [5.74, 6) is 8.25. The van der Waals surface area contributed by atoms with Gasteiger partial charge in [-0.05, 0) is 0 Å². The summed E-state index contributed by atoms with van der Waals surface area (Å²) < 4.78 is 0. The zero-order valence-electron chi connectivity index (χ0n) is 2.27. The Hall–Kier alpha value is 0.503. The number of rotatable bonds is 0. The molecule has 4 N–H and O–H groups in total. The molecule has 0 bridgehead atoms. The molecule has 0 aromatic carbocycles. The van der Waals surface area contributed by atoms with Crippen LogP contribution in [0.3, 0.4) is 0 Å². The average Bonchev–Trinajstić information content (AvgIpc) is 0.918. The Morgan fingerprint density at radius 3 is 1.25 bits per heavy atom. The van der Waals surface area contributed by atoms with Gasteiger partial charge >= 0.3 is 0 Å². The van der Waals surface area contributed by atoms with Crippen molar-refractivity contribution in [2.24, 2.45) is 11.8 Å². The predicted octanol–water partition coefficient (Wildman–Crippen LogP) is -1.25. The van der Waals surface area contributed by atoms with Crippen molar-refractivity contribution in [2.45, 2.75) is 0 Å². The van der Waals surface area contributed by atoms with E-state index in [1.807, 2.05) is 0 Å². The van der Waals surface area contributed by atoms with E-state index < -0.39 is 0 Å². The van der Waals surface area contributed by atoms with Crippen LogP contribution in [0.5, 0.6) is 0 Å². The molecule has 0 saturated heterocycles. The molecule has 4 heteroatoms. The number of hydrogen-bond donors (Lipinski definition) is 2. The van der Waals surface area contributed by atoms with Crippen LogP contribution in [0.2, 0.25) is 0 Å². The van der Waals surface area contributed by atoms with Gasteiger partial charge in [-0.1, -0.05) is 0 Å². The first-order valence-electron chi connectivity index (χ1n) is 0.471. The molecular formula is H4N2OZn.